The Kier molecular flexibility index (Phi) is 4.87. The van der Waals surface area contributed by atoms with Crippen LogP contribution in [0.15, 0.2) is 34.1 Å². The Balaban J connectivity index is 1.75. The highest BCUT2D eigenvalue weighted by atomic mass is 35.5. The number of carbonyl (C=O) groups excluding carboxylic acids is 1. The monoisotopic (exact) mass is 447 g/mol. The van der Waals surface area contributed by atoms with Crippen molar-refractivity contribution in [1.29, 1.82) is 0 Å². The Hall–Kier alpha value is -3.17. The lowest BCUT2D eigenvalue weighted by atomic mass is 10.2. The van der Waals surface area contributed by atoms with Crippen molar-refractivity contribution in [2.24, 2.45) is 14.1 Å². The standard InChI is InChI=1S/C19H15Cl2N5O4/c1-9-4-5-10-11(20)6-12(21)16(14(10)23-9)30-13(27)7-26-8-22-17-15(26)18(28)25(3)19(29)24(17)2/h4-6,8H,7H2,1-3H3. The van der Waals surface area contributed by atoms with Gasteiger partial charge in [0.2, 0.25) is 0 Å². The van der Waals surface area contributed by atoms with E-state index in [1.54, 1.807) is 19.1 Å². The number of nitrogens with zero attached hydrogens (tertiary/aromatic N) is 5. The number of hydrogen-bond acceptors (Lipinski definition) is 6. The molecule has 0 atom stereocenters. The highest BCUT2D eigenvalue weighted by Gasteiger charge is 2.20. The van der Waals surface area contributed by atoms with Crippen LogP contribution >= 0.6 is 23.2 Å². The van der Waals surface area contributed by atoms with Crippen LogP contribution in [0.25, 0.3) is 22.1 Å². The number of carbonyl (C=O) groups is 1. The van der Waals surface area contributed by atoms with Crippen LogP contribution in [0.4, 0.5) is 0 Å². The Bertz CT molecular complexity index is 1470. The van der Waals surface area contributed by atoms with Crippen molar-refractivity contribution < 1.29 is 9.53 Å². The zero-order valence-corrected chi connectivity index (χ0v) is 17.7. The Morgan fingerprint density at radius 2 is 1.87 bits per heavy atom. The second-order valence-electron chi connectivity index (χ2n) is 6.74. The molecule has 0 aliphatic carbocycles. The van der Waals surface area contributed by atoms with Crippen LogP contribution in [-0.2, 0) is 25.4 Å². The van der Waals surface area contributed by atoms with Crippen molar-refractivity contribution in [3.05, 3.63) is 61.1 Å². The summed E-state index contributed by atoms with van der Waals surface area (Å²) in [7, 11) is 2.85. The van der Waals surface area contributed by atoms with Gasteiger partial charge in [0.05, 0.1) is 16.4 Å². The van der Waals surface area contributed by atoms with Crippen molar-refractivity contribution in [3.8, 4) is 5.75 Å². The summed E-state index contributed by atoms with van der Waals surface area (Å²) in [6, 6.07) is 5.02. The van der Waals surface area contributed by atoms with Crippen LogP contribution in [0.2, 0.25) is 10.0 Å². The van der Waals surface area contributed by atoms with Gasteiger partial charge in [-0.2, -0.15) is 0 Å². The summed E-state index contributed by atoms with van der Waals surface area (Å²) in [5.41, 5.74) is 0.255. The minimum absolute atomic E-state index is 0.0782. The van der Waals surface area contributed by atoms with Crippen LogP contribution in [0, 0.1) is 6.92 Å². The molecule has 3 aromatic heterocycles. The van der Waals surface area contributed by atoms with E-state index in [-0.39, 0.29) is 28.5 Å². The van der Waals surface area contributed by atoms with Gasteiger partial charge < -0.3 is 9.30 Å². The lowest BCUT2D eigenvalue weighted by Gasteiger charge is -2.11. The van der Waals surface area contributed by atoms with Gasteiger partial charge in [0.25, 0.3) is 5.56 Å². The summed E-state index contributed by atoms with van der Waals surface area (Å²) in [4.78, 5) is 45.7. The normalized spacial score (nSPS) is 11.4. The van der Waals surface area contributed by atoms with Crippen molar-refractivity contribution in [2.45, 2.75) is 13.5 Å². The van der Waals surface area contributed by atoms with Crippen LogP contribution < -0.4 is 16.0 Å². The average molecular weight is 448 g/mol. The number of hydrogen-bond donors (Lipinski definition) is 0. The Morgan fingerprint density at radius 3 is 2.60 bits per heavy atom. The van der Waals surface area contributed by atoms with E-state index >= 15 is 0 Å². The smallest absolute Gasteiger partial charge is 0.332 e. The van der Waals surface area contributed by atoms with E-state index in [1.807, 2.05) is 0 Å². The molecule has 4 rings (SSSR count). The number of halogens is 2. The quantitative estimate of drug-likeness (QED) is 0.352. The fourth-order valence-electron chi connectivity index (χ4n) is 3.19. The maximum absolute atomic E-state index is 12.7. The number of ether oxygens (including phenoxy) is 1. The van der Waals surface area contributed by atoms with E-state index in [1.165, 1.54) is 35.6 Å². The van der Waals surface area contributed by atoms with Gasteiger partial charge in [0, 0.05) is 25.2 Å². The van der Waals surface area contributed by atoms with Crippen LogP contribution in [0.1, 0.15) is 5.69 Å². The van der Waals surface area contributed by atoms with Gasteiger partial charge in [-0.3, -0.25) is 13.9 Å². The molecule has 9 nitrogen and oxygen atoms in total. The summed E-state index contributed by atoms with van der Waals surface area (Å²) in [6.45, 7) is 1.47. The van der Waals surface area contributed by atoms with Crippen LogP contribution in [-0.4, -0.2) is 29.6 Å². The second-order valence-corrected chi connectivity index (χ2v) is 7.56. The summed E-state index contributed by atoms with van der Waals surface area (Å²) < 4.78 is 9.00. The van der Waals surface area contributed by atoms with Crippen molar-refractivity contribution >= 4 is 51.2 Å². The maximum atomic E-state index is 12.7. The number of esters is 1. The molecule has 30 heavy (non-hydrogen) atoms. The minimum atomic E-state index is -0.695. The third-order valence-electron chi connectivity index (χ3n) is 4.71. The van der Waals surface area contributed by atoms with Crippen LogP contribution in [0.3, 0.4) is 0 Å². The average Bonchev–Trinajstić information content (AvgIpc) is 3.11. The molecule has 1 aromatic carbocycles. The molecule has 0 saturated heterocycles. The van der Waals surface area contributed by atoms with Gasteiger partial charge in [-0.25, -0.2) is 19.6 Å². The van der Waals surface area contributed by atoms with Crippen molar-refractivity contribution in [3.63, 3.8) is 0 Å². The first kappa shape index (κ1) is 20.1. The molecule has 0 aliphatic rings. The van der Waals surface area contributed by atoms with Gasteiger partial charge in [-0.15, -0.1) is 0 Å². The SMILES string of the molecule is Cc1ccc2c(Cl)cc(Cl)c(OC(=O)Cn3cnc4c3c(=O)n(C)c(=O)n4C)c2n1. The molecule has 11 heteroatoms. The van der Waals surface area contributed by atoms with Gasteiger partial charge in [-0.1, -0.05) is 23.2 Å². The van der Waals surface area contributed by atoms with Crippen molar-refractivity contribution in [1.82, 2.24) is 23.7 Å². The lowest BCUT2D eigenvalue weighted by molar-refractivity contribution is -0.134. The third-order valence-corrected chi connectivity index (χ3v) is 5.30. The first-order chi connectivity index (χ1) is 14.2. The molecular weight excluding hydrogens is 433 g/mol. The van der Waals surface area contributed by atoms with Gasteiger partial charge in [0.1, 0.15) is 12.1 Å². The number of aryl methyl sites for hydroxylation is 2. The molecule has 0 saturated carbocycles. The number of fused-ring (bicyclic) bond motifs is 2. The molecular formula is C19H15Cl2N5O4. The molecule has 0 N–H and O–H groups in total. The predicted octanol–water partition coefficient (Wildman–Crippen LogP) is 2.20. The maximum Gasteiger partial charge on any atom is 0.332 e. The molecule has 0 radical (unpaired) electrons. The highest BCUT2D eigenvalue weighted by Crippen LogP contribution is 2.37. The molecule has 0 amide bonds. The van der Waals surface area contributed by atoms with E-state index in [4.69, 9.17) is 27.9 Å². The molecule has 4 aromatic rings. The first-order valence-electron chi connectivity index (χ1n) is 8.76. The molecule has 0 bridgehead atoms. The van der Waals surface area contributed by atoms with E-state index in [0.717, 1.165) is 4.57 Å². The highest BCUT2D eigenvalue weighted by molar-refractivity contribution is 6.39. The van der Waals surface area contributed by atoms with E-state index in [2.05, 4.69) is 9.97 Å². The summed E-state index contributed by atoms with van der Waals surface area (Å²) in [5.74, 6) is -0.617. The minimum Gasteiger partial charge on any atom is -0.421 e. The molecule has 0 spiro atoms. The fraction of sp³-hybridized carbons (Fsp3) is 0.211. The Morgan fingerprint density at radius 1 is 1.13 bits per heavy atom. The van der Waals surface area contributed by atoms with Crippen molar-refractivity contribution in [2.75, 3.05) is 0 Å². The molecule has 154 valence electrons. The van der Waals surface area contributed by atoms with E-state index in [9.17, 15) is 14.4 Å². The number of benzene rings is 1. The first-order valence-corrected chi connectivity index (χ1v) is 9.51. The van der Waals surface area contributed by atoms with Gasteiger partial charge >= 0.3 is 11.7 Å². The summed E-state index contributed by atoms with van der Waals surface area (Å²) >= 11 is 12.5. The molecule has 0 unspecified atom stereocenters. The van der Waals surface area contributed by atoms with E-state index < -0.39 is 17.2 Å². The van der Waals surface area contributed by atoms with Crippen LogP contribution in [0.5, 0.6) is 5.75 Å². The number of imidazole rings is 1. The number of pyridine rings is 1. The predicted molar refractivity (Wildman–Crippen MR) is 112 cm³/mol. The summed E-state index contributed by atoms with van der Waals surface area (Å²) in [5, 5.41) is 1.10. The molecule has 0 fully saturated rings. The van der Waals surface area contributed by atoms with Gasteiger partial charge in [-0.05, 0) is 25.1 Å². The summed E-state index contributed by atoms with van der Waals surface area (Å²) in [6.07, 6.45) is 1.30. The Labute approximate surface area is 179 Å². The van der Waals surface area contributed by atoms with Gasteiger partial charge in [0.15, 0.2) is 16.9 Å². The third kappa shape index (κ3) is 3.16. The molecule has 3 heterocycles. The lowest BCUT2D eigenvalue weighted by Crippen LogP contribution is -2.37. The largest absolute Gasteiger partial charge is 0.421 e. The zero-order chi connectivity index (χ0) is 21.7. The fourth-order valence-corrected chi connectivity index (χ4v) is 3.74. The topological polar surface area (TPSA) is 101 Å². The molecule has 0 aliphatic heterocycles. The van der Waals surface area contributed by atoms with E-state index in [0.29, 0.717) is 21.6 Å². The second kappa shape index (κ2) is 7.26. The number of rotatable bonds is 3. The number of aromatic nitrogens is 5. The zero-order valence-electron chi connectivity index (χ0n) is 16.1.